The standard InChI is InChI=1S/C25H23ClN2O6S/c1-4-13-33-23-11-7-18(15-24(23)32-3)25(29)28-27-16-19-14-20(26)8-12-22(19)34-35(30,31)21-9-5-17(2)6-10-21/h4-12,14-16H,1,13H2,2-3H3,(H,28,29)/b27-16+. The van der Waals surface area contributed by atoms with Crippen molar-refractivity contribution >= 4 is 33.8 Å². The van der Waals surface area contributed by atoms with Crippen LogP contribution in [0.1, 0.15) is 21.5 Å². The molecule has 8 nitrogen and oxygen atoms in total. The molecule has 0 aliphatic rings. The lowest BCUT2D eigenvalue weighted by atomic mass is 10.2. The number of halogens is 1. The third-order valence-corrected chi connectivity index (χ3v) is 6.12. The third kappa shape index (κ3) is 6.84. The van der Waals surface area contributed by atoms with Gasteiger partial charge in [-0.15, -0.1) is 0 Å². The number of hydrogen-bond donors (Lipinski definition) is 1. The number of carbonyl (C=O) groups is 1. The van der Waals surface area contributed by atoms with Gasteiger partial charge in [-0.25, -0.2) is 5.43 Å². The molecule has 182 valence electrons. The number of methoxy groups -OCH3 is 1. The van der Waals surface area contributed by atoms with E-state index in [-0.39, 0.29) is 28.4 Å². The first-order chi connectivity index (χ1) is 16.7. The molecular weight excluding hydrogens is 492 g/mol. The fourth-order valence-corrected chi connectivity index (χ4v) is 4.00. The SMILES string of the molecule is C=CCOc1ccc(C(=O)N/N=C/c2cc(Cl)ccc2OS(=O)(=O)c2ccc(C)cc2)cc1OC. The van der Waals surface area contributed by atoms with Gasteiger partial charge < -0.3 is 13.7 Å². The Morgan fingerprint density at radius 2 is 1.77 bits per heavy atom. The summed E-state index contributed by atoms with van der Waals surface area (Å²) in [7, 11) is -2.63. The molecule has 0 saturated carbocycles. The van der Waals surface area contributed by atoms with Crippen molar-refractivity contribution in [3.8, 4) is 17.2 Å². The molecule has 0 aromatic heterocycles. The van der Waals surface area contributed by atoms with Crippen LogP contribution >= 0.6 is 11.6 Å². The number of carbonyl (C=O) groups excluding carboxylic acids is 1. The minimum Gasteiger partial charge on any atom is -0.493 e. The van der Waals surface area contributed by atoms with E-state index < -0.39 is 16.0 Å². The molecule has 0 unspecified atom stereocenters. The van der Waals surface area contributed by atoms with Gasteiger partial charge in [0.25, 0.3) is 5.91 Å². The number of hydrogen-bond acceptors (Lipinski definition) is 7. The van der Waals surface area contributed by atoms with Crippen LogP contribution in [0.2, 0.25) is 5.02 Å². The Hall–Kier alpha value is -3.82. The maximum Gasteiger partial charge on any atom is 0.339 e. The summed E-state index contributed by atoms with van der Waals surface area (Å²) >= 11 is 6.06. The van der Waals surface area contributed by atoms with Crippen LogP contribution in [0.4, 0.5) is 0 Å². The molecule has 0 heterocycles. The summed E-state index contributed by atoms with van der Waals surface area (Å²) in [6, 6.07) is 15.3. The number of nitrogens with one attached hydrogen (secondary N) is 1. The van der Waals surface area contributed by atoms with E-state index in [2.05, 4.69) is 17.1 Å². The lowest BCUT2D eigenvalue weighted by Crippen LogP contribution is -2.18. The summed E-state index contributed by atoms with van der Waals surface area (Å²) in [5.41, 5.74) is 3.81. The summed E-state index contributed by atoms with van der Waals surface area (Å²) in [4.78, 5) is 12.5. The van der Waals surface area contributed by atoms with Crippen molar-refractivity contribution in [3.05, 3.63) is 95.0 Å². The highest BCUT2D eigenvalue weighted by molar-refractivity contribution is 7.87. The van der Waals surface area contributed by atoms with Crippen LogP contribution in [0.25, 0.3) is 0 Å². The Labute approximate surface area is 208 Å². The molecule has 0 fully saturated rings. The number of rotatable bonds is 10. The van der Waals surface area contributed by atoms with Gasteiger partial charge in [-0.1, -0.05) is 42.0 Å². The molecule has 3 rings (SSSR count). The van der Waals surface area contributed by atoms with Gasteiger partial charge in [0.2, 0.25) is 0 Å². The molecule has 1 N–H and O–H groups in total. The first-order valence-electron chi connectivity index (χ1n) is 10.3. The first-order valence-corrected chi connectivity index (χ1v) is 12.1. The van der Waals surface area contributed by atoms with E-state index in [1.54, 1.807) is 30.3 Å². The average molecular weight is 515 g/mol. The topological polar surface area (TPSA) is 103 Å². The minimum absolute atomic E-state index is 0.00152. The Morgan fingerprint density at radius 3 is 2.46 bits per heavy atom. The molecular formula is C25H23ClN2O6S. The van der Waals surface area contributed by atoms with E-state index >= 15 is 0 Å². The van der Waals surface area contributed by atoms with Gasteiger partial charge in [-0.3, -0.25) is 4.79 Å². The van der Waals surface area contributed by atoms with Crippen LogP contribution in [0, 0.1) is 6.92 Å². The lowest BCUT2D eigenvalue weighted by Gasteiger charge is -2.11. The van der Waals surface area contributed by atoms with Crippen LogP contribution in [-0.2, 0) is 10.1 Å². The second-order valence-corrected chi connectivity index (χ2v) is 9.18. The maximum atomic E-state index is 12.7. The molecule has 0 spiro atoms. The van der Waals surface area contributed by atoms with Gasteiger partial charge >= 0.3 is 10.1 Å². The van der Waals surface area contributed by atoms with Gasteiger partial charge in [0.15, 0.2) is 17.2 Å². The fraction of sp³-hybridized carbons (Fsp3) is 0.120. The second-order valence-electron chi connectivity index (χ2n) is 7.20. The van der Waals surface area contributed by atoms with Gasteiger partial charge in [-0.05, 0) is 55.5 Å². The number of benzene rings is 3. The molecule has 3 aromatic rings. The van der Waals surface area contributed by atoms with Crippen LogP contribution in [0.3, 0.4) is 0 Å². The summed E-state index contributed by atoms with van der Waals surface area (Å²) in [5, 5.41) is 4.25. The fourth-order valence-electron chi connectivity index (χ4n) is 2.87. The molecule has 3 aromatic carbocycles. The molecule has 0 aliphatic heterocycles. The predicted molar refractivity (Wildman–Crippen MR) is 134 cm³/mol. The summed E-state index contributed by atoms with van der Waals surface area (Å²) in [6.07, 6.45) is 2.83. The van der Waals surface area contributed by atoms with Crippen molar-refractivity contribution in [2.24, 2.45) is 5.10 Å². The summed E-state index contributed by atoms with van der Waals surface area (Å²) < 4.78 is 41.4. The number of ether oxygens (including phenoxy) is 2. The predicted octanol–water partition coefficient (Wildman–Crippen LogP) is 4.75. The Kier molecular flexibility index (Phi) is 8.51. The zero-order chi connectivity index (χ0) is 25.4. The van der Waals surface area contributed by atoms with Crippen molar-refractivity contribution in [3.63, 3.8) is 0 Å². The Bertz CT molecular complexity index is 1350. The largest absolute Gasteiger partial charge is 0.493 e. The number of aryl methyl sites for hydroxylation is 1. The number of hydrazone groups is 1. The lowest BCUT2D eigenvalue weighted by molar-refractivity contribution is 0.0954. The van der Waals surface area contributed by atoms with Crippen molar-refractivity contribution in [1.82, 2.24) is 5.43 Å². The second kappa shape index (κ2) is 11.5. The molecule has 1 amide bonds. The minimum atomic E-state index is -4.09. The van der Waals surface area contributed by atoms with Gasteiger partial charge in [0.1, 0.15) is 11.5 Å². The quantitative estimate of drug-likeness (QED) is 0.181. The van der Waals surface area contributed by atoms with Crippen molar-refractivity contribution in [1.29, 1.82) is 0 Å². The van der Waals surface area contributed by atoms with Crippen molar-refractivity contribution in [2.75, 3.05) is 13.7 Å². The van der Waals surface area contributed by atoms with Gasteiger partial charge in [-0.2, -0.15) is 13.5 Å². The Balaban J connectivity index is 1.77. The molecule has 0 bridgehead atoms. The molecule has 10 heteroatoms. The highest BCUT2D eigenvalue weighted by Crippen LogP contribution is 2.28. The monoisotopic (exact) mass is 514 g/mol. The Morgan fingerprint density at radius 1 is 1.06 bits per heavy atom. The number of nitrogens with zero attached hydrogens (tertiary/aromatic N) is 1. The van der Waals surface area contributed by atoms with E-state index in [1.165, 1.54) is 49.7 Å². The normalized spacial score (nSPS) is 11.2. The summed E-state index contributed by atoms with van der Waals surface area (Å²) in [6.45, 7) is 5.72. The highest BCUT2D eigenvalue weighted by atomic mass is 35.5. The highest BCUT2D eigenvalue weighted by Gasteiger charge is 2.18. The van der Waals surface area contributed by atoms with Gasteiger partial charge in [0, 0.05) is 16.1 Å². The van der Waals surface area contributed by atoms with Crippen LogP contribution in [0.15, 0.2) is 83.3 Å². The van der Waals surface area contributed by atoms with Crippen LogP contribution in [0.5, 0.6) is 17.2 Å². The van der Waals surface area contributed by atoms with E-state index in [4.69, 9.17) is 25.3 Å². The van der Waals surface area contributed by atoms with Crippen LogP contribution < -0.4 is 19.1 Å². The van der Waals surface area contributed by atoms with E-state index in [9.17, 15) is 13.2 Å². The van der Waals surface area contributed by atoms with Gasteiger partial charge in [0.05, 0.1) is 13.3 Å². The molecule has 0 saturated heterocycles. The van der Waals surface area contributed by atoms with E-state index in [0.29, 0.717) is 16.5 Å². The summed E-state index contributed by atoms with van der Waals surface area (Å²) in [5.74, 6) is 0.309. The first kappa shape index (κ1) is 25.8. The van der Waals surface area contributed by atoms with E-state index in [0.717, 1.165) is 5.56 Å². The smallest absolute Gasteiger partial charge is 0.339 e. The van der Waals surface area contributed by atoms with Crippen LogP contribution in [-0.4, -0.2) is 34.3 Å². The van der Waals surface area contributed by atoms with Crippen molar-refractivity contribution in [2.45, 2.75) is 11.8 Å². The average Bonchev–Trinajstić information content (AvgIpc) is 2.84. The molecule has 0 aliphatic carbocycles. The zero-order valence-corrected chi connectivity index (χ0v) is 20.6. The van der Waals surface area contributed by atoms with E-state index in [1.807, 2.05) is 6.92 Å². The van der Waals surface area contributed by atoms with Crippen molar-refractivity contribution < 1.29 is 26.9 Å². The molecule has 0 atom stereocenters. The third-order valence-electron chi connectivity index (χ3n) is 4.63. The number of amides is 1. The maximum absolute atomic E-state index is 12.7. The molecule has 0 radical (unpaired) electrons. The molecule has 35 heavy (non-hydrogen) atoms. The zero-order valence-electron chi connectivity index (χ0n) is 19.0.